The Balaban J connectivity index is 2.66. The zero-order valence-electron chi connectivity index (χ0n) is 21.5. The van der Waals surface area contributed by atoms with Crippen LogP contribution in [0.1, 0.15) is 114 Å². The molecular formula is C27H38O5S. The summed E-state index contributed by atoms with van der Waals surface area (Å²) in [6, 6.07) is 8.85. The monoisotopic (exact) mass is 474 g/mol. The number of hydrogen-bond acceptors (Lipinski definition) is 4. The molecule has 2 aromatic rings. The molecule has 0 unspecified atom stereocenters. The highest BCUT2D eigenvalue weighted by atomic mass is 32.2. The summed E-state index contributed by atoms with van der Waals surface area (Å²) >= 11 is 0. The van der Waals surface area contributed by atoms with E-state index in [0.29, 0.717) is 22.4 Å². The van der Waals surface area contributed by atoms with Crippen LogP contribution in [-0.4, -0.2) is 18.9 Å². The minimum atomic E-state index is -4.42. The van der Waals surface area contributed by atoms with Crippen molar-refractivity contribution in [3.63, 3.8) is 0 Å². The molecule has 0 radical (unpaired) electrons. The molecule has 1 N–H and O–H groups in total. The maximum Gasteiger partial charge on any atom is 0.343 e. The lowest BCUT2D eigenvalue weighted by atomic mass is 9.79. The Morgan fingerprint density at radius 3 is 1.61 bits per heavy atom. The lowest BCUT2D eigenvalue weighted by Crippen LogP contribution is -2.19. The third kappa shape index (κ3) is 6.45. The van der Waals surface area contributed by atoms with Gasteiger partial charge in [0, 0.05) is 0 Å². The highest BCUT2D eigenvalue weighted by molar-refractivity contribution is 7.85. The smallest absolute Gasteiger partial charge is 0.343 e. The van der Waals surface area contributed by atoms with Gasteiger partial charge in [-0.1, -0.05) is 75.3 Å². The van der Waals surface area contributed by atoms with Gasteiger partial charge in [-0.2, -0.15) is 8.42 Å². The van der Waals surface area contributed by atoms with E-state index in [1.165, 1.54) is 6.07 Å². The van der Waals surface area contributed by atoms with E-state index in [-0.39, 0.29) is 27.6 Å². The van der Waals surface area contributed by atoms with Crippen LogP contribution in [0.4, 0.5) is 0 Å². The molecule has 2 aromatic carbocycles. The minimum Gasteiger partial charge on any atom is -0.423 e. The van der Waals surface area contributed by atoms with Crippen molar-refractivity contribution in [1.82, 2.24) is 0 Å². The molecule has 0 aromatic heterocycles. The van der Waals surface area contributed by atoms with Gasteiger partial charge in [0.05, 0.1) is 10.5 Å². The van der Waals surface area contributed by atoms with Crippen LogP contribution in [0.2, 0.25) is 0 Å². The molecule has 0 saturated carbocycles. The molecule has 0 bridgehead atoms. The average molecular weight is 475 g/mol. The minimum absolute atomic E-state index is 0.124. The predicted octanol–water partition coefficient (Wildman–Crippen LogP) is 6.99. The van der Waals surface area contributed by atoms with E-state index in [1.807, 2.05) is 39.8 Å². The van der Waals surface area contributed by atoms with E-state index in [2.05, 4.69) is 47.6 Å². The molecule has 0 heterocycles. The summed E-state index contributed by atoms with van der Waals surface area (Å²) in [5.74, 6) is -0.509. The number of rotatable bonds is 5. The summed E-state index contributed by atoms with van der Waals surface area (Å²) in [4.78, 5) is 13.2. The molecule has 33 heavy (non-hydrogen) atoms. The molecule has 0 amide bonds. The normalized spacial score (nSPS) is 13.0. The van der Waals surface area contributed by atoms with Gasteiger partial charge >= 0.3 is 5.97 Å². The fraction of sp³-hybridized carbons (Fsp3) is 0.519. The van der Waals surface area contributed by atoms with Crippen LogP contribution in [0, 0.1) is 0 Å². The van der Waals surface area contributed by atoms with Crippen molar-refractivity contribution in [2.45, 2.75) is 96.8 Å². The lowest BCUT2D eigenvalue weighted by molar-refractivity contribution is 0.0732. The number of carbonyl (C=O) groups excluding carboxylic acids is 1. The third-order valence-corrected chi connectivity index (χ3v) is 6.68. The second-order valence-corrected chi connectivity index (χ2v) is 12.8. The molecule has 0 spiro atoms. The van der Waals surface area contributed by atoms with Crippen molar-refractivity contribution >= 4 is 16.1 Å². The number of hydrogen-bond donors (Lipinski definition) is 1. The second kappa shape index (κ2) is 9.22. The van der Waals surface area contributed by atoms with Crippen LogP contribution in [0.25, 0.3) is 0 Å². The second-order valence-electron chi connectivity index (χ2n) is 11.4. The van der Waals surface area contributed by atoms with Crippen LogP contribution in [-0.2, 0) is 20.9 Å². The van der Waals surface area contributed by atoms with Gasteiger partial charge in [0.1, 0.15) is 5.75 Å². The van der Waals surface area contributed by atoms with Gasteiger partial charge in [-0.25, -0.2) is 4.79 Å². The SMILES string of the molecule is CC(C)c1cc(S(=O)(=O)O)c(C(C)C)cc1OC(=O)c1cc(C(C)(C)C)cc(C(C)(C)C)c1. The Bertz CT molecular complexity index is 1110. The third-order valence-electron chi connectivity index (χ3n) is 5.77. The molecule has 6 heteroatoms. The Hall–Kier alpha value is -2.18. The summed E-state index contributed by atoms with van der Waals surface area (Å²) in [7, 11) is -4.42. The summed E-state index contributed by atoms with van der Waals surface area (Å²) in [5, 5.41) is 0. The Kier molecular flexibility index (Phi) is 7.57. The number of carbonyl (C=O) groups is 1. The summed E-state index contributed by atoms with van der Waals surface area (Å²) in [5.41, 5.74) is 3.17. The predicted molar refractivity (Wildman–Crippen MR) is 133 cm³/mol. The summed E-state index contributed by atoms with van der Waals surface area (Å²) in [6.07, 6.45) is 0. The van der Waals surface area contributed by atoms with E-state index >= 15 is 0 Å². The zero-order chi connectivity index (χ0) is 25.5. The molecule has 2 rings (SSSR count). The van der Waals surface area contributed by atoms with Gasteiger partial charge in [-0.05, 0) is 69.2 Å². The van der Waals surface area contributed by atoms with Crippen molar-refractivity contribution in [3.05, 3.63) is 58.1 Å². The maximum absolute atomic E-state index is 13.3. The van der Waals surface area contributed by atoms with Crippen molar-refractivity contribution < 1.29 is 22.5 Å². The van der Waals surface area contributed by atoms with Crippen molar-refractivity contribution in [3.8, 4) is 5.75 Å². The highest BCUT2D eigenvalue weighted by Gasteiger charge is 2.26. The lowest BCUT2D eigenvalue weighted by Gasteiger charge is -2.26. The van der Waals surface area contributed by atoms with Crippen LogP contribution in [0.5, 0.6) is 5.75 Å². The van der Waals surface area contributed by atoms with E-state index in [9.17, 15) is 17.8 Å². The van der Waals surface area contributed by atoms with Crippen molar-refractivity contribution in [1.29, 1.82) is 0 Å². The molecule has 0 aliphatic heterocycles. The van der Waals surface area contributed by atoms with Crippen LogP contribution < -0.4 is 4.74 Å². The molecule has 0 saturated heterocycles. The Morgan fingerprint density at radius 2 is 1.24 bits per heavy atom. The summed E-state index contributed by atoms with van der Waals surface area (Å²) in [6.45, 7) is 20.0. The standard InChI is InChI=1S/C27H38O5S/c1-16(2)21-15-24(33(29,30)31)22(17(3)4)14-23(21)32-25(28)18-11-19(26(5,6)7)13-20(12-18)27(8,9)10/h11-17H,1-10H3,(H,29,30,31). The van der Waals surface area contributed by atoms with Gasteiger partial charge in [-0.15, -0.1) is 0 Å². The maximum atomic E-state index is 13.3. The van der Waals surface area contributed by atoms with Crippen LogP contribution >= 0.6 is 0 Å². The molecule has 182 valence electrons. The number of esters is 1. The van der Waals surface area contributed by atoms with Crippen LogP contribution in [0.15, 0.2) is 35.2 Å². The Morgan fingerprint density at radius 1 is 0.788 bits per heavy atom. The zero-order valence-corrected chi connectivity index (χ0v) is 22.3. The molecule has 0 aliphatic rings. The first-order valence-corrected chi connectivity index (χ1v) is 12.8. The van der Waals surface area contributed by atoms with Gasteiger partial charge in [0.15, 0.2) is 0 Å². The van der Waals surface area contributed by atoms with Gasteiger partial charge in [0.2, 0.25) is 0 Å². The highest BCUT2D eigenvalue weighted by Crippen LogP contribution is 2.36. The van der Waals surface area contributed by atoms with E-state index in [1.54, 1.807) is 6.07 Å². The Labute approximate surface area is 199 Å². The van der Waals surface area contributed by atoms with E-state index in [4.69, 9.17) is 4.74 Å². The first-order valence-electron chi connectivity index (χ1n) is 11.4. The van der Waals surface area contributed by atoms with E-state index in [0.717, 1.165) is 11.1 Å². The first kappa shape index (κ1) is 27.1. The fourth-order valence-corrected chi connectivity index (χ4v) is 4.44. The first-order chi connectivity index (χ1) is 14.8. The van der Waals surface area contributed by atoms with Gasteiger partial charge in [0.25, 0.3) is 10.1 Å². The average Bonchev–Trinajstić information content (AvgIpc) is 2.64. The number of ether oxygens (including phenoxy) is 1. The molecular weight excluding hydrogens is 436 g/mol. The molecule has 0 atom stereocenters. The van der Waals surface area contributed by atoms with Crippen molar-refractivity contribution in [2.24, 2.45) is 0 Å². The van der Waals surface area contributed by atoms with E-state index < -0.39 is 16.1 Å². The van der Waals surface area contributed by atoms with Gasteiger partial charge in [-0.3, -0.25) is 4.55 Å². The van der Waals surface area contributed by atoms with Crippen molar-refractivity contribution in [2.75, 3.05) is 0 Å². The molecule has 5 nitrogen and oxygen atoms in total. The number of benzene rings is 2. The quantitative estimate of drug-likeness (QED) is 0.287. The molecule has 0 fully saturated rings. The fourth-order valence-electron chi connectivity index (χ4n) is 3.58. The molecule has 0 aliphatic carbocycles. The topological polar surface area (TPSA) is 80.7 Å². The van der Waals surface area contributed by atoms with Crippen LogP contribution in [0.3, 0.4) is 0 Å². The van der Waals surface area contributed by atoms with Gasteiger partial charge < -0.3 is 4.74 Å². The summed E-state index contributed by atoms with van der Waals surface area (Å²) < 4.78 is 39.6. The largest absolute Gasteiger partial charge is 0.423 e.